The number of carbonyl (C=O) groups is 1. The number of phenols is 2. The zero-order valence-electron chi connectivity index (χ0n) is 19.6. The largest absolute Gasteiger partial charge is 0.508 e. The Hall–Kier alpha value is -3.42. The van der Waals surface area contributed by atoms with Gasteiger partial charge in [0.1, 0.15) is 18.1 Å². The van der Waals surface area contributed by atoms with Gasteiger partial charge in [0.05, 0.1) is 17.7 Å². The minimum Gasteiger partial charge on any atom is -0.508 e. The molecule has 4 rings (SSSR count). The number of carbonyl (C=O) groups excluding carboxylic acids is 1. The number of anilines is 1. The molecule has 0 aliphatic carbocycles. The molecule has 3 N–H and O–H groups in total. The van der Waals surface area contributed by atoms with Crippen molar-refractivity contribution >= 4 is 23.2 Å². The molecule has 35 heavy (non-hydrogen) atoms. The summed E-state index contributed by atoms with van der Waals surface area (Å²) in [6.45, 7) is 3.61. The van der Waals surface area contributed by atoms with Gasteiger partial charge in [-0.15, -0.1) is 0 Å². The second kappa shape index (κ2) is 11.3. The van der Waals surface area contributed by atoms with E-state index in [0.29, 0.717) is 28.6 Å². The van der Waals surface area contributed by atoms with Gasteiger partial charge in [0.2, 0.25) is 0 Å². The molecule has 0 atom stereocenters. The lowest BCUT2D eigenvalue weighted by Crippen LogP contribution is -2.33. The van der Waals surface area contributed by atoms with Crippen LogP contribution >= 0.6 is 11.6 Å². The fourth-order valence-electron chi connectivity index (χ4n) is 4.24. The minimum atomic E-state index is -0.448. The number of piperidine rings is 1. The van der Waals surface area contributed by atoms with Crippen LogP contribution in [0.4, 0.5) is 5.69 Å². The molecule has 1 fully saturated rings. The number of aromatic hydroxyl groups is 2. The van der Waals surface area contributed by atoms with E-state index >= 15 is 0 Å². The summed E-state index contributed by atoms with van der Waals surface area (Å²) in [5, 5.41) is 23.9. The van der Waals surface area contributed by atoms with E-state index in [1.807, 2.05) is 0 Å². The number of hydrogen-bond acceptors (Lipinski definition) is 6. The van der Waals surface area contributed by atoms with E-state index in [-0.39, 0.29) is 28.4 Å². The molecule has 1 amide bonds. The van der Waals surface area contributed by atoms with Gasteiger partial charge in [0.25, 0.3) is 5.91 Å². The summed E-state index contributed by atoms with van der Waals surface area (Å²) >= 11 is 6.42. The van der Waals surface area contributed by atoms with Crippen molar-refractivity contribution in [3.63, 3.8) is 0 Å². The van der Waals surface area contributed by atoms with Crippen molar-refractivity contribution in [2.75, 3.05) is 38.7 Å². The molecule has 1 aliphatic rings. The Morgan fingerprint density at radius 2 is 1.80 bits per heavy atom. The number of benzene rings is 3. The Bertz CT molecular complexity index is 1190. The van der Waals surface area contributed by atoms with Gasteiger partial charge in [0, 0.05) is 17.8 Å². The predicted molar refractivity (Wildman–Crippen MR) is 137 cm³/mol. The maximum Gasteiger partial charge on any atom is 0.256 e. The van der Waals surface area contributed by atoms with Crippen LogP contribution in [-0.4, -0.2) is 54.4 Å². The van der Waals surface area contributed by atoms with Gasteiger partial charge in [0.15, 0.2) is 11.5 Å². The zero-order chi connectivity index (χ0) is 24.8. The lowest BCUT2D eigenvalue weighted by molar-refractivity contribution is 0.102. The molecule has 7 nitrogen and oxygen atoms in total. The van der Waals surface area contributed by atoms with Crippen LogP contribution < -0.4 is 14.8 Å². The highest BCUT2D eigenvalue weighted by atomic mass is 35.5. The van der Waals surface area contributed by atoms with Crippen LogP contribution in [0.1, 0.15) is 29.6 Å². The Kier molecular flexibility index (Phi) is 8.00. The lowest BCUT2D eigenvalue weighted by Gasteiger charge is -2.26. The molecule has 0 spiro atoms. The standard InChI is InChI=1S/C27H29ClN2O5/c1-34-24-11-9-21(25(26(24)32)18-6-5-7-20(31)16-18)27(33)29-19-8-10-23(22(28)17-19)35-15-14-30-12-3-2-4-13-30/h5-11,16-17,31-32H,2-4,12-15H2,1H3,(H,29,33). The van der Waals surface area contributed by atoms with Crippen molar-refractivity contribution in [1.29, 1.82) is 0 Å². The predicted octanol–water partition coefficient (Wildman–Crippen LogP) is 5.54. The number of halogens is 1. The number of nitrogens with one attached hydrogen (secondary N) is 1. The van der Waals surface area contributed by atoms with Gasteiger partial charge in [-0.2, -0.15) is 0 Å². The summed E-state index contributed by atoms with van der Waals surface area (Å²) in [4.78, 5) is 15.6. The van der Waals surface area contributed by atoms with Gasteiger partial charge in [-0.25, -0.2) is 0 Å². The van der Waals surface area contributed by atoms with Gasteiger partial charge in [-0.3, -0.25) is 9.69 Å². The summed E-state index contributed by atoms with van der Waals surface area (Å²) in [6.07, 6.45) is 3.75. The number of ether oxygens (including phenoxy) is 2. The van der Waals surface area contributed by atoms with E-state index in [2.05, 4.69) is 10.2 Å². The maximum absolute atomic E-state index is 13.2. The Morgan fingerprint density at radius 3 is 2.51 bits per heavy atom. The molecule has 8 heteroatoms. The molecule has 0 aromatic heterocycles. The average Bonchev–Trinajstić information content (AvgIpc) is 2.85. The number of methoxy groups -OCH3 is 1. The van der Waals surface area contributed by atoms with Gasteiger partial charge in [-0.05, 0) is 74.0 Å². The SMILES string of the molecule is COc1ccc(C(=O)Nc2ccc(OCCN3CCCCC3)c(Cl)c2)c(-c2cccc(O)c2)c1O. The number of hydrogen-bond donors (Lipinski definition) is 3. The molecule has 0 unspecified atom stereocenters. The van der Waals surface area contributed by atoms with Crippen LogP contribution in [-0.2, 0) is 0 Å². The second-order valence-corrected chi connectivity index (χ2v) is 8.85. The second-order valence-electron chi connectivity index (χ2n) is 8.44. The Morgan fingerprint density at radius 1 is 1.03 bits per heavy atom. The van der Waals surface area contributed by atoms with E-state index in [1.54, 1.807) is 36.4 Å². The fourth-order valence-corrected chi connectivity index (χ4v) is 4.48. The van der Waals surface area contributed by atoms with Crippen LogP contribution in [0.2, 0.25) is 5.02 Å². The van der Waals surface area contributed by atoms with Crippen molar-refractivity contribution in [2.24, 2.45) is 0 Å². The highest BCUT2D eigenvalue weighted by Gasteiger charge is 2.21. The van der Waals surface area contributed by atoms with Crippen molar-refractivity contribution in [1.82, 2.24) is 4.90 Å². The molecule has 0 bridgehead atoms. The lowest BCUT2D eigenvalue weighted by atomic mass is 9.97. The van der Waals surface area contributed by atoms with E-state index < -0.39 is 5.91 Å². The number of likely N-dealkylation sites (tertiary alicyclic amines) is 1. The quantitative estimate of drug-likeness (QED) is 0.379. The van der Waals surface area contributed by atoms with Crippen LogP contribution in [0, 0.1) is 0 Å². The number of amides is 1. The molecular formula is C27H29ClN2O5. The van der Waals surface area contributed by atoms with Crippen molar-refractivity contribution in [3.05, 3.63) is 65.2 Å². The first-order valence-electron chi connectivity index (χ1n) is 11.6. The minimum absolute atomic E-state index is 0.0127. The highest BCUT2D eigenvalue weighted by Crippen LogP contribution is 2.41. The molecule has 0 radical (unpaired) electrons. The third-order valence-corrected chi connectivity index (χ3v) is 6.34. The number of nitrogens with zero attached hydrogens (tertiary/aromatic N) is 1. The molecule has 184 valence electrons. The summed E-state index contributed by atoms with van der Waals surface area (Å²) < 4.78 is 11.1. The first-order valence-corrected chi connectivity index (χ1v) is 12.0. The number of phenolic OH excluding ortho intramolecular Hbond substituents is 2. The van der Waals surface area contributed by atoms with E-state index in [1.165, 1.54) is 44.6 Å². The molecule has 0 saturated carbocycles. The zero-order valence-corrected chi connectivity index (χ0v) is 20.3. The van der Waals surface area contributed by atoms with Crippen LogP contribution in [0.3, 0.4) is 0 Å². The van der Waals surface area contributed by atoms with Crippen LogP contribution in [0.25, 0.3) is 11.1 Å². The highest BCUT2D eigenvalue weighted by molar-refractivity contribution is 6.32. The molecule has 3 aromatic rings. The van der Waals surface area contributed by atoms with Gasteiger partial charge < -0.3 is 25.0 Å². The third-order valence-electron chi connectivity index (χ3n) is 6.04. The molecule has 3 aromatic carbocycles. The van der Waals surface area contributed by atoms with Gasteiger partial charge >= 0.3 is 0 Å². The van der Waals surface area contributed by atoms with Crippen molar-refractivity contribution in [3.8, 4) is 34.1 Å². The van der Waals surface area contributed by atoms with E-state index in [4.69, 9.17) is 21.1 Å². The summed E-state index contributed by atoms with van der Waals surface area (Å²) in [5.74, 6) is 0.148. The maximum atomic E-state index is 13.2. The molecule has 1 aliphatic heterocycles. The van der Waals surface area contributed by atoms with Crippen molar-refractivity contribution < 1.29 is 24.5 Å². The first-order chi connectivity index (χ1) is 17.0. The van der Waals surface area contributed by atoms with Gasteiger partial charge in [-0.1, -0.05) is 30.2 Å². The summed E-state index contributed by atoms with van der Waals surface area (Å²) in [7, 11) is 1.43. The Labute approximate surface area is 209 Å². The Balaban J connectivity index is 1.49. The van der Waals surface area contributed by atoms with Crippen LogP contribution in [0.15, 0.2) is 54.6 Å². The summed E-state index contributed by atoms with van der Waals surface area (Å²) in [5.41, 5.74) is 1.43. The first kappa shape index (κ1) is 24.7. The normalized spacial score (nSPS) is 13.9. The smallest absolute Gasteiger partial charge is 0.256 e. The third kappa shape index (κ3) is 5.99. The topological polar surface area (TPSA) is 91.3 Å². The molecule has 1 heterocycles. The average molecular weight is 497 g/mol. The number of rotatable bonds is 8. The monoisotopic (exact) mass is 496 g/mol. The molecular weight excluding hydrogens is 468 g/mol. The van der Waals surface area contributed by atoms with E-state index in [9.17, 15) is 15.0 Å². The van der Waals surface area contributed by atoms with E-state index in [0.717, 1.165) is 19.6 Å². The van der Waals surface area contributed by atoms with Crippen molar-refractivity contribution in [2.45, 2.75) is 19.3 Å². The summed E-state index contributed by atoms with van der Waals surface area (Å²) in [6, 6.07) is 14.5. The van der Waals surface area contributed by atoms with Crippen LogP contribution in [0.5, 0.6) is 23.0 Å². The fraction of sp³-hybridized carbons (Fsp3) is 0.296. The molecule has 1 saturated heterocycles.